The molecule has 0 aromatic carbocycles. The molecule has 3 fully saturated rings. The van der Waals surface area contributed by atoms with Gasteiger partial charge in [-0.25, -0.2) is 0 Å². The third kappa shape index (κ3) is 1.59. The van der Waals surface area contributed by atoms with Crippen LogP contribution in [0.25, 0.3) is 0 Å². The van der Waals surface area contributed by atoms with E-state index in [1.54, 1.807) is 0 Å². The van der Waals surface area contributed by atoms with Crippen LogP contribution in [0, 0.1) is 5.41 Å². The first-order chi connectivity index (χ1) is 8.09. The molecule has 3 heteroatoms. The maximum atomic E-state index is 12.0. The molecule has 3 rings (SSSR count). The number of fused-ring (bicyclic) bond motifs is 1. The van der Waals surface area contributed by atoms with E-state index in [-0.39, 0.29) is 23.4 Å². The lowest BCUT2D eigenvalue weighted by molar-refractivity contribution is -0.204. The highest BCUT2D eigenvalue weighted by Gasteiger charge is 2.60. The van der Waals surface area contributed by atoms with Crippen molar-refractivity contribution in [1.29, 1.82) is 0 Å². The number of hydrogen-bond acceptors (Lipinski definition) is 3. The fourth-order valence-electron chi connectivity index (χ4n) is 3.42. The molecule has 17 heavy (non-hydrogen) atoms. The van der Waals surface area contributed by atoms with Gasteiger partial charge in [0.15, 0.2) is 11.6 Å². The van der Waals surface area contributed by atoms with E-state index >= 15 is 0 Å². The standard InChI is InChI=1S/C14H20O3/c1-3-13(2)9-10(15)11-12(13)17-14(16-11)7-5-4-6-8-14/h3,11-12H,1,4-9H2,2H3/t11-,12?,13+/m1/s1. The molecule has 2 aliphatic carbocycles. The Balaban J connectivity index is 1.86. The molecule has 3 nitrogen and oxygen atoms in total. The van der Waals surface area contributed by atoms with E-state index < -0.39 is 5.79 Å². The molecular formula is C14H20O3. The zero-order valence-corrected chi connectivity index (χ0v) is 10.4. The van der Waals surface area contributed by atoms with Crippen LogP contribution in [0.2, 0.25) is 0 Å². The van der Waals surface area contributed by atoms with E-state index in [2.05, 4.69) is 6.58 Å². The third-order valence-corrected chi connectivity index (χ3v) is 4.56. The summed E-state index contributed by atoms with van der Waals surface area (Å²) in [6.45, 7) is 5.90. The van der Waals surface area contributed by atoms with Crippen molar-refractivity contribution < 1.29 is 14.3 Å². The van der Waals surface area contributed by atoms with Gasteiger partial charge in [0.25, 0.3) is 0 Å². The van der Waals surface area contributed by atoms with E-state index in [1.165, 1.54) is 6.42 Å². The number of ketones is 1. The summed E-state index contributed by atoms with van der Waals surface area (Å²) in [5, 5.41) is 0. The monoisotopic (exact) mass is 236 g/mol. The molecule has 0 aromatic heterocycles. The Kier molecular flexibility index (Phi) is 2.46. The number of ether oxygens (including phenoxy) is 2. The van der Waals surface area contributed by atoms with Crippen LogP contribution >= 0.6 is 0 Å². The van der Waals surface area contributed by atoms with Gasteiger partial charge in [0.05, 0.1) is 0 Å². The van der Waals surface area contributed by atoms with Gasteiger partial charge < -0.3 is 9.47 Å². The summed E-state index contributed by atoms with van der Waals surface area (Å²) >= 11 is 0. The largest absolute Gasteiger partial charge is 0.343 e. The van der Waals surface area contributed by atoms with E-state index in [9.17, 15) is 4.79 Å². The van der Waals surface area contributed by atoms with E-state index in [4.69, 9.17) is 9.47 Å². The molecule has 1 aliphatic heterocycles. The van der Waals surface area contributed by atoms with E-state index in [1.807, 2.05) is 13.0 Å². The second-order valence-electron chi connectivity index (χ2n) is 5.90. The molecular weight excluding hydrogens is 216 g/mol. The van der Waals surface area contributed by atoms with Gasteiger partial charge in [0.1, 0.15) is 12.2 Å². The lowest BCUT2D eigenvalue weighted by Gasteiger charge is -2.34. The van der Waals surface area contributed by atoms with Crippen molar-refractivity contribution in [2.75, 3.05) is 0 Å². The number of carbonyl (C=O) groups excluding carboxylic acids is 1. The Morgan fingerprint density at radius 2 is 2.00 bits per heavy atom. The average molecular weight is 236 g/mol. The maximum Gasteiger partial charge on any atom is 0.169 e. The molecule has 1 heterocycles. The summed E-state index contributed by atoms with van der Waals surface area (Å²) in [6.07, 6.45) is 7.28. The van der Waals surface area contributed by atoms with Gasteiger partial charge in [-0.05, 0) is 12.8 Å². The summed E-state index contributed by atoms with van der Waals surface area (Å²) in [5.41, 5.74) is -0.247. The lowest BCUT2D eigenvalue weighted by Crippen LogP contribution is -2.36. The normalized spacial score (nSPS) is 43.9. The smallest absolute Gasteiger partial charge is 0.169 e. The van der Waals surface area contributed by atoms with Gasteiger partial charge in [-0.15, -0.1) is 6.58 Å². The van der Waals surface area contributed by atoms with Crippen molar-refractivity contribution in [2.24, 2.45) is 5.41 Å². The molecule has 0 aromatic rings. The van der Waals surface area contributed by atoms with Crippen molar-refractivity contribution in [3.8, 4) is 0 Å². The lowest BCUT2D eigenvalue weighted by atomic mass is 9.86. The van der Waals surface area contributed by atoms with Crippen LogP contribution in [0.5, 0.6) is 0 Å². The van der Waals surface area contributed by atoms with Crippen LogP contribution < -0.4 is 0 Å². The first kappa shape index (κ1) is 11.4. The molecule has 0 bridgehead atoms. The zero-order valence-electron chi connectivity index (χ0n) is 10.4. The predicted octanol–water partition coefficient (Wildman–Crippen LogP) is 2.60. The van der Waals surface area contributed by atoms with Crippen molar-refractivity contribution in [1.82, 2.24) is 0 Å². The summed E-state index contributed by atoms with van der Waals surface area (Å²) in [5.74, 6) is -0.284. The van der Waals surface area contributed by atoms with Crippen LogP contribution in [0.3, 0.4) is 0 Å². The maximum absolute atomic E-state index is 12.0. The topological polar surface area (TPSA) is 35.5 Å². The van der Waals surface area contributed by atoms with Gasteiger partial charge in [0.2, 0.25) is 0 Å². The molecule has 1 spiro atoms. The quantitative estimate of drug-likeness (QED) is 0.656. The van der Waals surface area contributed by atoms with Gasteiger partial charge in [-0.1, -0.05) is 19.4 Å². The molecule has 1 unspecified atom stereocenters. The van der Waals surface area contributed by atoms with Crippen LogP contribution in [-0.4, -0.2) is 23.8 Å². The SMILES string of the molecule is C=C[C@@]1(C)CC(=O)[C@H]2OC3(CCCCC3)OC21. The first-order valence-electron chi connectivity index (χ1n) is 6.61. The Morgan fingerprint density at radius 1 is 1.29 bits per heavy atom. The second kappa shape index (κ2) is 3.66. The summed E-state index contributed by atoms with van der Waals surface area (Å²) < 4.78 is 12.2. The fraction of sp³-hybridized carbons (Fsp3) is 0.786. The van der Waals surface area contributed by atoms with Gasteiger partial charge in [-0.2, -0.15) is 0 Å². The molecule has 0 radical (unpaired) electrons. The average Bonchev–Trinajstić information content (AvgIpc) is 2.79. The summed E-state index contributed by atoms with van der Waals surface area (Å²) in [6, 6.07) is 0. The Morgan fingerprint density at radius 3 is 2.65 bits per heavy atom. The summed E-state index contributed by atoms with van der Waals surface area (Å²) in [7, 11) is 0. The Bertz CT molecular complexity index is 356. The molecule has 3 atom stereocenters. The Labute approximate surface area is 102 Å². The van der Waals surface area contributed by atoms with Crippen LogP contribution in [0.1, 0.15) is 45.4 Å². The minimum absolute atomic E-state index is 0.120. The molecule has 0 amide bonds. The van der Waals surface area contributed by atoms with Gasteiger partial charge in [-0.3, -0.25) is 4.79 Å². The van der Waals surface area contributed by atoms with Crippen molar-refractivity contribution >= 4 is 5.78 Å². The van der Waals surface area contributed by atoms with Crippen molar-refractivity contribution in [3.63, 3.8) is 0 Å². The van der Waals surface area contributed by atoms with Crippen LogP contribution in [-0.2, 0) is 14.3 Å². The number of hydrogen-bond donors (Lipinski definition) is 0. The number of Topliss-reactive ketones (excluding diaryl/α,β-unsaturated/α-hetero) is 1. The highest BCUT2D eigenvalue weighted by Crippen LogP contribution is 2.51. The number of rotatable bonds is 1. The molecule has 94 valence electrons. The molecule has 0 N–H and O–H groups in total. The van der Waals surface area contributed by atoms with Crippen LogP contribution in [0.15, 0.2) is 12.7 Å². The molecule has 2 saturated carbocycles. The molecule has 3 aliphatic rings. The van der Waals surface area contributed by atoms with Gasteiger partial charge in [0, 0.05) is 24.7 Å². The minimum Gasteiger partial charge on any atom is -0.343 e. The zero-order chi connectivity index (χ0) is 12.1. The first-order valence-corrected chi connectivity index (χ1v) is 6.61. The highest BCUT2D eigenvalue weighted by molar-refractivity contribution is 5.88. The highest BCUT2D eigenvalue weighted by atomic mass is 16.8. The molecule has 1 saturated heterocycles. The van der Waals surface area contributed by atoms with E-state index in [0.29, 0.717) is 6.42 Å². The third-order valence-electron chi connectivity index (χ3n) is 4.56. The van der Waals surface area contributed by atoms with Crippen molar-refractivity contribution in [3.05, 3.63) is 12.7 Å². The predicted molar refractivity (Wildman–Crippen MR) is 63.5 cm³/mol. The second-order valence-corrected chi connectivity index (χ2v) is 5.90. The number of carbonyl (C=O) groups is 1. The van der Waals surface area contributed by atoms with Crippen molar-refractivity contribution in [2.45, 2.75) is 63.4 Å². The van der Waals surface area contributed by atoms with Gasteiger partial charge >= 0.3 is 0 Å². The summed E-state index contributed by atoms with van der Waals surface area (Å²) in [4.78, 5) is 12.0. The Hall–Kier alpha value is -0.670. The van der Waals surface area contributed by atoms with E-state index in [0.717, 1.165) is 25.7 Å². The minimum atomic E-state index is -0.464. The fourth-order valence-corrected chi connectivity index (χ4v) is 3.42. The van der Waals surface area contributed by atoms with Crippen LogP contribution in [0.4, 0.5) is 0 Å².